The van der Waals surface area contributed by atoms with E-state index in [9.17, 15) is 9.59 Å². The van der Waals surface area contributed by atoms with E-state index in [1.165, 1.54) is 28.6 Å². The van der Waals surface area contributed by atoms with Crippen molar-refractivity contribution < 1.29 is 9.59 Å². The molecule has 102 valence electrons. The summed E-state index contributed by atoms with van der Waals surface area (Å²) >= 11 is 2.64. The van der Waals surface area contributed by atoms with Crippen molar-refractivity contribution in [1.82, 2.24) is 10.2 Å². The Hall–Kier alpha value is -1.93. The molecular formula is C12H10N4O2S2. The summed E-state index contributed by atoms with van der Waals surface area (Å²) in [5, 5.41) is 12.8. The highest BCUT2D eigenvalue weighted by atomic mass is 32.2. The fraction of sp³-hybridized carbons (Fsp3) is 0.167. The molecule has 0 aliphatic carbocycles. The van der Waals surface area contributed by atoms with Crippen LogP contribution in [-0.2, 0) is 9.59 Å². The second kappa shape index (κ2) is 5.59. The lowest BCUT2D eigenvalue weighted by Gasteiger charge is -2.23. The van der Waals surface area contributed by atoms with Crippen LogP contribution in [0.1, 0.15) is 6.42 Å². The molecule has 2 aromatic rings. The van der Waals surface area contributed by atoms with E-state index in [1.807, 2.05) is 24.3 Å². The van der Waals surface area contributed by atoms with Gasteiger partial charge in [0.1, 0.15) is 5.51 Å². The molecule has 1 aliphatic heterocycles. The number of nitrogens with one attached hydrogen (secondary N) is 2. The van der Waals surface area contributed by atoms with Crippen molar-refractivity contribution in [3.63, 3.8) is 0 Å². The van der Waals surface area contributed by atoms with Crippen LogP contribution in [-0.4, -0.2) is 27.3 Å². The van der Waals surface area contributed by atoms with Crippen molar-refractivity contribution in [3.8, 4) is 0 Å². The average molecular weight is 306 g/mol. The maximum Gasteiger partial charge on any atom is 0.238 e. The standard InChI is InChI=1S/C12H10N4O2S2/c17-10(15-12-16-13-6-19-12)5-9-11(18)14-7-3-1-2-4-8(7)20-9/h1-4,6,9H,5H2,(H,14,18)(H,15,16,17)/t9-/m1/s1. The lowest BCUT2D eigenvalue weighted by Crippen LogP contribution is -2.32. The molecule has 2 N–H and O–H groups in total. The Labute approximate surface area is 123 Å². The van der Waals surface area contributed by atoms with E-state index < -0.39 is 5.25 Å². The van der Waals surface area contributed by atoms with Gasteiger partial charge in [0.15, 0.2) is 0 Å². The number of benzene rings is 1. The van der Waals surface area contributed by atoms with Crippen molar-refractivity contribution in [2.75, 3.05) is 10.6 Å². The number of carbonyl (C=O) groups excluding carboxylic acids is 2. The van der Waals surface area contributed by atoms with Gasteiger partial charge in [0.25, 0.3) is 0 Å². The largest absolute Gasteiger partial charge is 0.324 e. The van der Waals surface area contributed by atoms with E-state index in [-0.39, 0.29) is 18.2 Å². The van der Waals surface area contributed by atoms with Crippen LogP contribution < -0.4 is 10.6 Å². The third-order valence-electron chi connectivity index (χ3n) is 2.68. The first kappa shape index (κ1) is 13.1. The number of fused-ring (bicyclic) bond motifs is 1. The van der Waals surface area contributed by atoms with Crippen LogP contribution in [0.15, 0.2) is 34.7 Å². The number of rotatable bonds is 3. The molecule has 0 fully saturated rings. The second-order valence-electron chi connectivity index (χ2n) is 4.09. The highest BCUT2D eigenvalue weighted by molar-refractivity contribution is 8.01. The van der Waals surface area contributed by atoms with Gasteiger partial charge < -0.3 is 10.6 Å². The van der Waals surface area contributed by atoms with E-state index in [2.05, 4.69) is 20.8 Å². The van der Waals surface area contributed by atoms with Gasteiger partial charge in [-0.2, -0.15) is 0 Å². The number of carbonyl (C=O) groups is 2. The molecule has 0 saturated carbocycles. The highest BCUT2D eigenvalue weighted by Gasteiger charge is 2.28. The fourth-order valence-electron chi connectivity index (χ4n) is 1.79. The Morgan fingerprint density at radius 2 is 2.25 bits per heavy atom. The van der Waals surface area contributed by atoms with Crippen LogP contribution in [0.4, 0.5) is 10.8 Å². The summed E-state index contributed by atoms with van der Waals surface area (Å²) in [6.07, 6.45) is 0.102. The summed E-state index contributed by atoms with van der Waals surface area (Å²) in [4.78, 5) is 24.8. The van der Waals surface area contributed by atoms with Crippen LogP contribution in [0.3, 0.4) is 0 Å². The number of anilines is 2. The van der Waals surface area contributed by atoms with Gasteiger partial charge >= 0.3 is 0 Å². The summed E-state index contributed by atoms with van der Waals surface area (Å²) in [6.45, 7) is 0. The molecule has 2 amide bonds. The minimum Gasteiger partial charge on any atom is -0.324 e. The van der Waals surface area contributed by atoms with Crippen molar-refractivity contribution in [2.45, 2.75) is 16.6 Å². The van der Waals surface area contributed by atoms with Gasteiger partial charge in [-0.1, -0.05) is 23.5 Å². The van der Waals surface area contributed by atoms with Crippen LogP contribution in [0, 0.1) is 0 Å². The van der Waals surface area contributed by atoms with Crippen LogP contribution >= 0.6 is 23.1 Å². The molecule has 1 aliphatic rings. The first-order valence-corrected chi connectivity index (χ1v) is 7.61. The van der Waals surface area contributed by atoms with Gasteiger partial charge in [-0.3, -0.25) is 9.59 Å². The third kappa shape index (κ3) is 2.81. The molecular weight excluding hydrogens is 296 g/mol. The number of hydrogen-bond donors (Lipinski definition) is 2. The van der Waals surface area contributed by atoms with E-state index >= 15 is 0 Å². The summed E-state index contributed by atoms with van der Waals surface area (Å²) in [7, 11) is 0. The molecule has 0 unspecified atom stereocenters. The molecule has 8 heteroatoms. The van der Waals surface area contributed by atoms with Gasteiger partial charge in [-0.15, -0.1) is 22.0 Å². The van der Waals surface area contributed by atoms with Gasteiger partial charge in [-0.05, 0) is 12.1 Å². The molecule has 3 rings (SSSR count). The van der Waals surface area contributed by atoms with Crippen LogP contribution in [0.2, 0.25) is 0 Å². The summed E-state index contributed by atoms with van der Waals surface area (Å²) < 4.78 is 0. The number of thioether (sulfide) groups is 1. The van der Waals surface area contributed by atoms with E-state index in [1.54, 1.807) is 0 Å². The molecule has 1 atom stereocenters. The predicted molar refractivity (Wildman–Crippen MR) is 77.9 cm³/mol. The van der Waals surface area contributed by atoms with E-state index in [0.29, 0.717) is 5.13 Å². The Morgan fingerprint density at radius 3 is 3.05 bits per heavy atom. The second-order valence-corrected chi connectivity index (χ2v) is 6.17. The summed E-state index contributed by atoms with van der Waals surface area (Å²) in [5.41, 5.74) is 2.33. The number of aromatic nitrogens is 2. The first-order valence-electron chi connectivity index (χ1n) is 5.85. The smallest absolute Gasteiger partial charge is 0.238 e. The molecule has 1 aromatic heterocycles. The summed E-state index contributed by atoms with van der Waals surface area (Å²) in [5.74, 6) is -0.394. The Kier molecular flexibility index (Phi) is 3.66. The monoisotopic (exact) mass is 306 g/mol. The quantitative estimate of drug-likeness (QED) is 0.906. The number of amides is 2. The van der Waals surface area contributed by atoms with Gasteiger partial charge in [0.05, 0.1) is 10.9 Å². The average Bonchev–Trinajstić information content (AvgIpc) is 2.92. The molecule has 2 heterocycles. The maximum absolute atomic E-state index is 12.0. The Morgan fingerprint density at radius 1 is 1.40 bits per heavy atom. The lowest BCUT2D eigenvalue weighted by atomic mass is 10.2. The van der Waals surface area contributed by atoms with Crippen molar-refractivity contribution >= 4 is 45.7 Å². The third-order valence-corrected chi connectivity index (χ3v) is 4.57. The predicted octanol–water partition coefficient (Wildman–Crippen LogP) is 1.98. The zero-order valence-electron chi connectivity index (χ0n) is 10.2. The van der Waals surface area contributed by atoms with Crippen molar-refractivity contribution in [1.29, 1.82) is 0 Å². The SMILES string of the molecule is O=C(C[C@H]1Sc2ccccc2NC1=O)Nc1nncs1. The van der Waals surface area contributed by atoms with Crippen LogP contribution in [0.25, 0.3) is 0 Å². The Bertz CT molecular complexity index is 645. The molecule has 0 spiro atoms. The topological polar surface area (TPSA) is 84.0 Å². The zero-order chi connectivity index (χ0) is 13.9. The summed E-state index contributed by atoms with van der Waals surface area (Å²) in [6, 6.07) is 7.54. The van der Waals surface area contributed by atoms with Crippen LogP contribution in [0.5, 0.6) is 0 Å². The molecule has 0 saturated heterocycles. The normalized spacial score (nSPS) is 17.2. The minimum absolute atomic E-state index is 0.102. The fourth-order valence-corrected chi connectivity index (χ4v) is 3.36. The molecule has 0 radical (unpaired) electrons. The van der Waals surface area contributed by atoms with Gasteiger partial charge in [-0.25, -0.2) is 0 Å². The van der Waals surface area contributed by atoms with Crippen molar-refractivity contribution in [2.24, 2.45) is 0 Å². The van der Waals surface area contributed by atoms with Crippen molar-refractivity contribution in [3.05, 3.63) is 29.8 Å². The Balaban J connectivity index is 1.66. The van der Waals surface area contributed by atoms with Gasteiger partial charge in [0, 0.05) is 11.3 Å². The molecule has 0 bridgehead atoms. The number of nitrogens with zero attached hydrogens (tertiary/aromatic N) is 2. The number of hydrogen-bond acceptors (Lipinski definition) is 6. The molecule has 1 aromatic carbocycles. The highest BCUT2D eigenvalue weighted by Crippen LogP contribution is 2.36. The first-order chi connectivity index (χ1) is 9.72. The van der Waals surface area contributed by atoms with Gasteiger partial charge in [0.2, 0.25) is 16.9 Å². The van der Waals surface area contributed by atoms with E-state index in [0.717, 1.165) is 10.6 Å². The minimum atomic E-state index is -0.433. The number of para-hydroxylation sites is 1. The van der Waals surface area contributed by atoms with E-state index in [4.69, 9.17) is 0 Å². The molecule has 20 heavy (non-hydrogen) atoms. The zero-order valence-corrected chi connectivity index (χ0v) is 11.8. The lowest BCUT2D eigenvalue weighted by molar-refractivity contribution is -0.120. The maximum atomic E-state index is 12.0. The molecule has 6 nitrogen and oxygen atoms in total.